The molecular weight excluding hydrogens is 250 g/mol. The largest absolute Gasteiger partial charge is 0.478 e. The monoisotopic (exact) mass is 261 g/mol. The van der Waals surface area contributed by atoms with Crippen LogP contribution < -0.4 is 16.6 Å². The van der Waals surface area contributed by atoms with Gasteiger partial charge in [0.05, 0.1) is 5.56 Å². The minimum Gasteiger partial charge on any atom is -0.478 e. The van der Waals surface area contributed by atoms with Crippen LogP contribution in [0.1, 0.15) is 15.9 Å². The van der Waals surface area contributed by atoms with Gasteiger partial charge in [0.25, 0.3) is 5.56 Å². The normalized spacial score (nSPS) is 10.2. The number of H-pyrrole nitrogens is 2. The summed E-state index contributed by atoms with van der Waals surface area (Å²) in [4.78, 5) is 37.5. The first-order valence-electron chi connectivity index (χ1n) is 5.40. The van der Waals surface area contributed by atoms with Crippen LogP contribution in [0.15, 0.2) is 33.9 Å². The molecular formula is C12H11N3O4. The molecule has 0 unspecified atom stereocenters. The first-order valence-corrected chi connectivity index (χ1v) is 5.40. The lowest BCUT2D eigenvalue weighted by Gasteiger charge is -2.08. The Morgan fingerprint density at radius 3 is 2.53 bits per heavy atom. The van der Waals surface area contributed by atoms with Crippen molar-refractivity contribution in [2.24, 2.45) is 0 Å². The van der Waals surface area contributed by atoms with E-state index >= 15 is 0 Å². The van der Waals surface area contributed by atoms with Crippen LogP contribution in [0.5, 0.6) is 0 Å². The van der Waals surface area contributed by atoms with Crippen LogP contribution in [0.3, 0.4) is 0 Å². The Labute approximate surface area is 106 Å². The molecule has 0 radical (unpaired) electrons. The van der Waals surface area contributed by atoms with Gasteiger partial charge in [0.2, 0.25) is 0 Å². The van der Waals surface area contributed by atoms with Crippen molar-refractivity contribution in [3.05, 3.63) is 56.2 Å². The summed E-state index contributed by atoms with van der Waals surface area (Å²) >= 11 is 0. The summed E-state index contributed by atoms with van der Waals surface area (Å²) in [5.74, 6) is -0.773. The van der Waals surface area contributed by atoms with Crippen molar-refractivity contribution < 1.29 is 9.90 Å². The summed E-state index contributed by atoms with van der Waals surface area (Å²) in [5, 5.41) is 11.7. The highest BCUT2D eigenvalue weighted by Gasteiger charge is 2.07. The number of anilines is 2. The molecule has 98 valence electrons. The average Bonchev–Trinajstić information content (AvgIpc) is 2.26. The molecule has 0 saturated carbocycles. The minimum atomic E-state index is -1.01. The molecule has 0 aliphatic rings. The predicted octanol–water partition coefficient (Wildman–Crippen LogP) is 0.813. The lowest BCUT2D eigenvalue weighted by molar-refractivity contribution is 0.0696. The number of hydrogen-bond acceptors (Lipinski definition) is 4. The number of hydrogen-bond donors (Lipinski definition) is 4. The molecule has 2 rings (SSSR count). The van der Waals surface area contributed by atoms with Gasteiger partial charge in [-0.25, -0.2) is 9.59 Å². The number of aromatic nitrogens is 2. The second kappa shape index (κ2) is 4.81. The number of benzene rings is 1. The Hall–Kier alpha value is -2.83. The molecule has 1 heterocycles. The molecule has 0 aliphatic heterocycles. The fourth-order valence-corrected chi connectivity index (χ4v) is 1.67. The molecule has 0 aliphatic carbocycles. The van der Waals surface area contributed by atoms with Gasteiger partial charge < -0.3 is 10.4 Å². The van der Waals surface area contributed by atoms with E-state index in [1.54, 1.807) is 19.1 Å². The van der Waals surface area contributed by atoms with E-state index in [1.165, 1.54) is 12.1 Å². The average molecular weight is 261 g/mol. The van der Waals surface area contributed by atoms with Gasteiger partial charge >= 0.3 is 11.7 Å². The Morgan fingerprint density at radius 1 is 1.21 bits per heavy atom. The topological polar surface area (TPSA) is 115 Å². The van der Waals surface area contributed by atoms with Crippen molar-refractivity contribution in [1.82, 2.24) is 9.97 Å². The number of aromatic carboxylic acids is 1. The molecule has 2 aromatic rings. The summed E-state index contributed by atoms with van der Waals surface area (Å²) in [6.07, 6.45) is 0. The lowest BCUT2D eigenvalue weighted by Crippen LogP contribution is -2.22. The van der Waals surface area contributed by atoms with Crippen LogP contribution in [-0.4, -0.2) is 21.0 Å². The van der Waals surface area contributed by atoms with Gasteiger partial charge in [-0.15, -0.1) is 0 Å². The fourth-order valence-electron chi connectivity index (χ4n) is 1.67. The van der Waals surface area contributed by atoms with Crippen LogP contribution in [0, 0.1) is 6.92 Å². The maximum Gasteiger partial charge on any atom is 0.335 e. The van der Waals surface area contributed by atoms with Gasteiger partial charge in [-0.1, -0.05) is 0 Å². The summed E-state index contributed by atoms with van der Waals surface area (Å²) in [6, 6.07) is 5.81. The van der Waals surface area contributed by atoms with E-state index in [2.05, 4.69) is 10.3 Å². The summed E-state index contributed by atoms with van der Waals surface area (Å²) in [5.41, 5.74) is 0.206. The van der Waals surface area contributed by atoms with Crippen molar-refractivity contribution in [1.29, 1.82) is 0 Å². The SMILES string of the molecule is Cc1cc(Nc2cc(=O)[nH]c(=O)[nH]2)ccc1C(=O)O. The maximum atomic E-state index is 11.1. The van der Waals surface area contributed by atoms with E-state index in [9.17, 15) is 14.4 Å². The second-order valence-electron chi connectivity index (χ2n) is 3.96. The zero-order chi connectivity index (χ0) is 14.0. The van der Waals surface area contributed by atoms with E-state index in [4.69, 9.17) is 5.11 Å². The molecule has 0 amide bonds. The number of aryl methyl sites for hydroxylation is 1. The number of carboxylic acid groups (broad SMARTS) is 1. The lowest BCUT2D eigenvalue weighted by atomic mass is 10.1. The van der Waals surface area contributed by atoms with Crippen LogP contribution in [0.2, 0.25) is 0 Å². The molecule has 19 heavy (non-hydrogen) atoms. The van der Waals surface area contributed by atoms with E-state index in [1.807, 2.05) is 4.98 Å². The van der Waals surface area contributed by atoms with E-state index < -0.39 is 17.2 Å². The third-order valence-electron chi connectivity index (χ3n) is 2.50. The predicted molar refractivity (Wildman–Crippen MR) is 69.1 cm³/mol. The summed E-state index contributed by atoms with van der Waals surface area (Å²) < 4.78 is 0. The van der Waals surface area contributed by atoms with Crippen molar-refractivity contribution in [2.75, 3.05) is 5.32 Å². The van der Waals surface area contributed by atoms with Gasteiger partial charge in [-0.05, 0) is 30.7 Å². The number of aromatic amines is 2. The zero-order valence-corrected chi connectivity index (χ0v) is 9.98. The Kier molecular flexibility index (Phi) is 3.19. The highest BCUT2D eigenvalue weighted by molar-refractivity contribution is 5.90. The Morgan fingerprint density at radius 2 is 1.95 bits per heavy atom. The standard InChI is InChI=1S/C12H11N3O4/c1-6-4-7(2-3-8(6)11(17)18)13-9-5-10(16)15-12(19)14-9/h2-5H,1H3,(H,17,18)(H3,13,14,15,16,19). The third kappa shape index (κ3) is 2.89. The molecule has 0 bridgehead atoms. The van der Waals surface area contributed by atoms with Gasteiger partial charge in [0.1, 0.15) is 5.82 Å². The van der Waals surface area contributed by atoms with Crippen molar-refractivity contribution in [3.8, 4) is 0 Å². The molecule has 4 N–H and O–H groups in total. The molecule has 1 aromatic carbocycles. The van der Waals surface area contributed by atoms with Crippen molar-refractivity contribution in [3.63, 3.8) is 0 Å². The Bertz CT molecular complexity index is 717. The Balaban J connectivity index is 2.34. The van der Waals surface area contributed by atoms with Crippen molar-refractivity contribution in [2.45, 2.75) is 6.92 Å². The number of rotatable bonds is 3. The van der Waals surface area contributed by atoms with Gasteiger partial charge in [-0.2, -0.15) is 0 Å². The number of carboxylic acids is 1. The van der Waals surface area contributed by atoms with Crippen LogP contribution in [0.25, 0.3) is 0 Å². The van der Waals surface area contributed by atoms with Crippen molar-refractivity contribution >= 4 is 17.5 Å². The smallest absolute Gasteiger partial charge is 0.335 e. The first-order chi connectivity index (χ1) is 8.95. The zero-order valence-electron chi connectivity index (χ0n) is 9.98. The number of nitrogens with one attached hydrogen (secondary N) is 3. The molecule has 0 atom stereocenters. The highest BCUT2D eigenvalue weighted by Crippen LogP contribution is 2.17. The first kappa shape index (κ1) is 12.6. The molecule has 1 aromatic heterocycles. The fraction of sp³-hybridized carbons (Fsp3) is 0.0833. The highest BCUT2D eigenvalue weighted by atomic mass is 16.4. The third-order valence-corrected chi connectivity index (χ3v) is 2.50. The molecule has 7 nitrogen and oxygen atoms in total. The van der Waals surface area contributed by atoms with E-state index in [0.717, 1.165) is 0 Å². The van der Waals surface area contributed by atoms with Gasteiger partial charge in [-0.3, -0.25) is 14.8 Å². The molecule has 7 heteroatoms. The van der Waals surface area contributed by atoms with Crippen LogP contribution >= 0.6 is 0 Å². The quantitative estimate of drug-likeness (QED) is 0.652. The van der Waals surface area contributed by atoms with Crippen LogP contribution in [-0.2, 0) is 0 Å². The molecule has 0 spiro atoms. The van der Waals surface area contributed by atoms with E-state index in [0.29, 0.717) is 11.3 Å². The molecule has 0 fully saturated rings. The van der Waals surface area contributed by atoms with E-state index in [-0.39, 0.29) is 11.4 Å². The summed E-state index contributed by atoms with van der Waals surface area (Å²) in [7, 11) is 0. The van der Waals surface area contributed by atoms with Gasteiger partial charge in [0, 0.05) is 11.8 Å². The summed E-state index contributed by atoms with van der Waals surface area (Å²) in [6.45, 7) is 1.66. The van der Waals surface area contributed by atoms with Crippen LogP contribution in [0.4, 0.5) is 11.5 Å². The number of carbonyl (C=O) groups is 1. The second-order valence-corrected chi connectivity index (χ2v) is 3.96. The van der Waals surface area contributed by atoms with Gasteiger partial charge in [0.15, 0.2) is 0 Å². The maximum absolute atomic E-state index is 11.1. The minimum absolute atomic E-state index is 0.199. The molecule has 0 saturated heterocycles.